The summed E-state index contributed by atoms with van der Waals surface area (Å²) in [7, 11) is 0. The van der Waals surface area contributed by atoms with Crippen LogP contribution < -0.4 is 15.3 Å². The fourth-order valence-electron chi connectivity index (χ4n) is 2.94. The summed E-state index contributed by atoms with van der Waals surface area (Å²) in [6.45, 7) is 0. The Morgan fingerprint density at radius 2 is 1.92 bits per heavy atom. The minimum atomic E-state index is -0.234. The number of phenols is 1. The van der Waals surface area contributed by atoms with Gasteiger partial charge < -0.3 is 5.11 Å². The highest BCUT2D eigenvalue weighted by Gasteiger charge is 2.25. The van der Waals surface area contributed by atoms with Crippen molar-refractivity contribution >= 4 is 16.7 Å². The van der Waals surface area contributed by atoms with Crippen molar-refractivity contribution in [3.8, 4) is 5.75 Å². The fraction of sp³-hybridized carbons (Fsp3) is 0.0500. The van der Waals surface area contributed by atoms with Gasteiger partial charge in [-0.2, -0.15) is 0 Å². The number of aromatic amines is 2. The maximum Gasteiger partial charge on any atom is 0.272 e. The van der Waals surface area contributed by atoms with Gasteiger partial charge in [-0.05, 0) is 24.3 Å². The van der Waals surface area contributed by atoms with E-state index in [2.05, 4.69) is 20.3 Å². The molecule has 0 aliphatic heterocycles. The van der Waals surface area contributed by atoms with Crippen LogP contribution in [0.25, 0.3) is 10.9 Å². The molecule has 1 unspecified atom stereocenters. The molecule has 0 radical (unpaired) electrons. The number of fused-ring (bicyclic) bond motifs is 1. The summed E-state index contributed by atoms with van der Waals surface area (Å²) >= 11 is 0. The largest absolute Gasteiger partial charge is 0.505 e. The summed E-state index contributed by atoms with van der Waals surface area (Å²) in [4.78, 5) is 10.6. The van der Waals surface area contributed by atoms with E-state index in [1.54, 1.807) is 6.20 Å². The number of H-pyrrole nitrogens is 2. The number of pyridine rings is 3. The van der Waals surface area contributed by atoms with Gasteiger partial charge >= 0.3 is 0 Å². The van der Waals surface area contributed by atoms with Gasteiger partial charge in [-0.1, -0.05) is 18.2 Å². The lowest BCUT2D eigenvalue weighted by Crippen LogP contribution is -2.20. The highest BCUT2D eigenvalue weighted by Crippen LogP contribution is 2.35. The third-order valence-electron chi connectivity index (χ3n) is 4.16. The molecule has 4 rings (SSSR count). The molecule has 0 fully saturated rings. The van der Waals surface area contributed by atoms with Crippen molar-refractivity contribution in [3.05, 3.63) is 90.5 Å². The lowest BCUT2D eigenvalue weighted by molar-refractivity contribution is -0.378. The summed E-state index contributed by atoms with van der Waals surface area (Å²) in [5, 5.41) is 15.2. The molecule has 5 nitrogen and oxygen atoms in total. The SMILES string of the molecule is Oc1c(C(Nc2cccc[nH+]2)c2ccc[nH+]c2)ccc2cccnc12. The average Bonchev–Trinajstić information content (AvgIpc) is 2.69. The summed E-state index contributed by atoms with van der Waals surface area (Å²) in [5.41, 5.74) is 2.37. The molecule has 4 N–H and O–H groups in total. The van der Waals surface area contributed by atoms with Crippen LogP contribution in [0, 0.1) is 0 Å². The van der Waals surface area contributed by atoms with Crippen molar-refractivity contribution < 1.29 is 15.1 Å². The van der Waals surface area contributed by atoms with Gasteiger partial charge in [0.25, 0.3) is 5.82 Å². The van der Waals surface area contributed by atoms with Crippen LogP contribution in [-0.2, 0) is 0 Å². The van der Waals surface area contributed by atoms with E-state index in [0.717, 1.165) is 22.3 Å². The van der Waals surface area contributed by atoms with Gasteiger partial charge in [0.05, 0.1) is 11.8 Å². The van der Waals surface area contributed by atoms with Crippen LogP contribution >= 0.6 is 0 Å². The van der Waals surface area contributed by atoms with Crippen LogP contribution in [0.1, 0.15) is 17.2 Å². The van der Waals surface area contributed by atoms with E-state index < -0.39 is 0 Å². The van der Waals surface area contributed by atoms with Crippen molar-refractivity contribution in [2.24, 2.45) is 0 Å². The molecule has 4 aromatic rings. The number of anilines is 1. The van der Waals surface area contributed by atoms with Crippen molar-refractivity contribution in [2.45, 2.75) is 6.04 Å². The molecule has 122 valence electrons. The second kappa shape index (κ2) is 6.57. The molecule has 3 aromatic heterocycles. The number of phenolic OH excluding ortho intramolecular Hbond substituents is 1. The molecule has 0 aliphatic carbocycles. The summed E-state index contributed by atoms with van der Waals surface area (Å²) < 4.78 is 0. The Kier molecular flexibility index (Phi) is 3.96. The Hall–Kier alpha value is -3.47. The van der Waals surface area contributed by atoms with Crippen LogP contribution in [0.15, 0.2) is 79.4 Å². The van der Waals surface area contributed by atoms with Gasteiger partial charge in [-0.25, -0.2) is 9.97 Å². The molecule has 0 saturated carbocycles. The Morgan fingerprint density at radius 1 is 0.960 bits per heavy atom. The number of aromatic hydroxyl groups is 1. The first-order chi connectivity index (χ1) is 12.3. The van der Waals surface area contributed by atoms with Gasteiger partial charge in [-0.15, -0.1) is 0 Å². The Bertz CT molecular complexity index is 990. The highest BCUT2D eigenvalue weighted by atomic mass is 16.3. The van der Waals surface area contributed by atoms with Crippen LogP contribution in [0.5, 0.6) is 5.75 Å². The number of hydrogen-bond donors (Lipinski definition) is 2. The zero-order valence-corrected chi connectivity index (χ0v) is 13.5. The van der Waals surface area contributed by atoms with Crippen molar-refractivity contribution in [1.82, 2.24) is 4.98 Å². The van der Waals surface area contributed by atoms with Gasteiger partial charge in [0.2, 0.25) is 0 Å². The summed E-state index contributed by atoms with van der Waals surface area (Å²) in [5.74, 6) is 1.05. The van der Waals surface area contributed by atoms with Gasteiger partial charge in [0, 0.05) is 29.3 Å². The maximum atomic E-state index is 10.8. The Labute approximate surface area is 145 Å². The molecule has 0 bridgehead atoms. The zero-order valence-electron chi connectivity index (χ0n) is 13.5. The lowest BCUT2D eigenvalue weighted by Gasteiger charge is -2.16. The number of rotatable bonds is 4. The van der Waals surface area contributed by atoms with Crippen molar-refractivity contribution in [2.75, 3.05) is 5.32 Å². The molecule has 25 heavy (non-hydrogen) atoms. The van der Waals surface area contributed by atoms with E-state index in [1.807, 2.05) is 73.2 Å². The smallest absolute Gasteiger partial charge is 0.272 e. The van der Waals surface area contributed by atoms with Gasteiger partial charge in [0.15, 0.2) is 18.4 Å². The fourth-order valence-corrected chi connectivity index (χ4v) is 2.94. The van der Waals surface area contributed by atoms with Gasteiger partial charge in [0.1, 0.15) is 11.3 Å². The number of benzene rings is 1. The van der Waals surface area contributed by atoms with Crippen LogP contribution in [0.3, 0.4) is 0 Å². The zero-order chi connectivity index (χ0) is 17.1. The van der Waals surface area contributed by atoms with Crippen LogP contribution in [-0.4, -0.2) is 10.1 Å². The molecule has 0 aliphatic rings. The third kappa shape index (κ3) is 2.99. The molecule has 3 heterocycles. The summed E-state index contributed by atoms with van der Waals surface area (Å²) in [6, 6.07) is 17.3. The van der Waals surface area contributed by atoms with E-state index in [0.29, 0.717) is 5.52 Å². The lowest BCUT2D eigenvalue weighted by atomic mass is 9.97. The quantitative estimate of drug-likeness (QED) is 0.604. The van der Waals surface area contributed by atoms with Crippen molar-refractivity contribution in [1.29, 1.82) is 0 Å². The maximum absolute atomic E-state index is 10.8. The van der Waals surface area contributed by atoms with Gasteiger partial charge in [-0.3, -0.25) is 10.3 Å². The van der Waals surface area contributed by atoms with E-state index in [4.69, 9.17) is 0 Å². The van der Waals surface area contributed by atoms with E-state index in [1.165, 1.54) is 0 Å². The van der Waals surface area contributed by atoms with Crippen LogP contribution in [0.4, 0.5) is 5.82 Å². The second-order valence-electron chi connectivity index (χ2n) is 5.77. The first-order valence-corrected chi connectivity index (χ1v) is 8.09. The normalized spacial score (nSPS) is 12.0. The first-order valence-electron chi connectivity index (χ1n) is 8.09. The Morgan fingerprint density at radius 3 is 2.72 bits per heavy atom. The molecular weight excluding hydrogens is 312 g/mol. The predicted molar refractivity (Wildman–Crippen MR) is 94.9 cm³/mol. The first kappa shape index (κ1) is 15.1. The van der Waals surface area contributed by atoms with E-state index in [-0.39, 0.29) is 11.8 Å². The molecule has 0 saturated heterocycles. The molecule has 0 amide bonds. The monoisotopic (exact) mass is 330 g/mol. The van der Waals surface area contributed by atoms with E-state index >= 15 is 0 Å². The minimum absolute atomic E-state index is 0.190. The van der Waals surface area contributed by atoms with Crippen LogP contribution in [0.2, 0.25) is 0 Å². The van der Waals surface area contributed by atoms with E-state index in [9.17, 15) is 5.11 Å². The number of hydrogen-bond acceptors (Lipinski definition) is 3. The Balaban J connectivity index is 1.85. The third-order valence-corrected chi connectivity index (χ3v) is 4.16. The molecule has 1 aromatic carbocycles. The topological polar surface area (TPSA) is 73.4 Å². The molecule has 1 atom stereocenters. The standard InChI is InChI=1S/C20H16N4O/c25-20-16(9-8-14-5-4-12-23-19(14)20)18(15-6-3-10-21-13-15)24-17-7-1-2-11-22-17/h1-13,18,25H,(H,22,24)/p+2. The molecular formula is C20H18N4O+2. The summed E-state index contributed by atoms with van der Waals surface area (Å²) in [6.07, 6.45) is 7.33. The van der Waals surface area contributed by atoms with Crippen molar-refractivity contribution in [3.63, 3.8) is 0 Å². The molecule has 5 heteroatoms. The minimum Gasteiger partial charge on any atom is -0.505 e. The molecule has 0 spiro atoms. The number of aromatic nitrogens is 3. The second-order valence-corrected chi connectivity index (χ2v) is 5.77. The average molecular weight is 330 g/mol. The highest BCUT2D eigenvalue weighted by molar-refractivity contribution is 5.85. The number of nitrogens with zero attached hydrogens (tertiary/aromatic N) is 1. The predicted octanol–water partition coefficient (Wildman–Crippen LogP) is 2.77. The number of nitrogens with one attached hydrogen (secondary N) is 3.